The summed E-state index contributed by atoms with van der Waals surface area (Å²) in [6, 6.07) is 13.9. The Balaban J connectivity index is 0.000000483. The molecule has 0 fully saturated rings. The fraction of sp³-hybridized carbons (Fsp3) is 0.364. The van der Waals surface area contributed by atoms with Crippen LogP contribution < -0.4 is 10.2 Å². The van der Waals surface area contributed by atoms with Gasteiger partial charge in [-0.25, -0.2) is 0 Å². The Bertz CT molecular complexity index is 651. The minimum absolute atomic E-state index is 0. The molecule has 0 aliphatic carbocycles. The molecule has 5 heteroatoms. The molecule has 0 aliphatic heterocycles. The van der Waals surface area contributed by atoms with Gasteiger partial charge >= 0.3 is 19.5 Å². The first-order valence-corrected chi connectivity index (χ1v) is 9.08. The maximum atomic E-state index is 10.5. The average molecular weight is 420 g/mol. The van der Waals surface area contributed by atoms with Gasteiger partial charge in [-0.3, -0.25) is 0 Å². The van der Waals surface area contributed by atoms with Gasteiger partial charge < -0.3 is 19.8 Å². The number of aromatic carboxylic acids is 2. The first-order valence-electron chi connectivity index (χ1n) is 9.08. The van der Waals surface area contributed by atoms with E-state index in [2.05, 4.69) is 13.8 Å². The summed E-state index contributed by atoms with van der Waals surface area (Å²) >= 11 is 0. The zero-order chi connectivity index (χ0) is 19.4. The van der Waals surface area contributed by atoms with Crippen molar-refractivity contribution < 1.29 is 39.3 Å². The van der Waals surface area contributed by atoms with Crippen LogP contribution in [0, 0.1) is 0 Å². The van der Waals surface area contributed by atoms with E-state index in [1.165, 1.54) is 0 Å². The Morgan fingerprint density at radius 2 is 1.11 bits per heavy atom. The van der Waals surface area contributed by atoms with E-state index < -0.39 is 11.9 Å². The van der Waals surface area contributed by atoms with Crippen LogP contribution in [0.2, 0.25) is 0 Å². The summed E-state index contributed by atoms with van der Waals surface area (Å²) in [5.41, 5.74) is 2.69. The average Bonchev–Trinajstić information content (AvgIpc) is 2.65. The molecule has 0 heterocycles. The summed E-state index contributed by atoms with van der Waals surface area (Å²) < 4.78 is 0. The van der Waals surface area contributed by atoms with Gasteiger partial charge in [0.25, 0.3) is 0 Å². The molecule has 0 saturated heterocycles. The molecule has 2 rings (SSSR count). The van der Waals surface area contributed by atoms with Gasteiger partial charge in [0, 0.05) is 0 Å². The number of carboxylic acid groups (broad SMARTS) is 2. The van der Waals surface area contributed by atoms with Gasteiger partial charge in [0.15, 0.2) is 0 Å². The van der Waals surface area contributed by atoms with E-state index in [0.29, 0.717) is 0 Å². The van der Waals surface area contributed by atoms with Crippen LogP contribution in [0.1, 0.15) is 71.4 Å². The van der Waals surface area contributed by atoms with Crippen LogP contribution in [-0.2, 0) is 32.3 Å². The third-order valence-electron chi connectivity index (χ3n) is 3.96. The molecule has 0 N–H and O–H groups in total. The molecule has 0 unspecified atom stereocenters. The predicted molar refractivity (Wildman–Crippen MR) is 98.8 cm³/mol. The monoisotopic (exact) mass is 418 g/mol. The minimum Gasteiger partial charge on any atom is -0.545 e. The van der Waals surface area contributed by atoms with Crippen LogP contribution in [0.25, 0.3) is 0 Å². The predicted octanol–water partition coefficient (Wildman–Crippen LogP) is 2.78. The molecular formula is C22H26O4Zn. The van der Waals surface area contributed by atoms with Crippen molar-refractivity contribution in [2.24, 2.45) is 0 Å². The molecule has 140 valence electrons. The topological polar surface area (TPSA) is 80.3 Å². The molecular weight excluding hydrogens is 394 g/mol. The van der Waals surface area contributed by atoms with E-state index in [9.17, 15) is 19.8 Å². The summed E-state index contributed by atoms with van der Waals surface area (Å²) in [6.07, 6.45) is 6.31. The van der Waals surface area contributed by atoms with Gasteiger partial charge in [-0.2, -0.15) is 0 Å². The summed E-state index contributed by atoms with van der Waals surface area (Å²) in [7, 11) is 0. The zero-order valence-electron chi connectivity index (χ0n) is 16.2. The molecule has 0 atom stereocenters. The van der Waals surface area contributed by atoms with E-state index in [-0.39, 0.29) is 30.6 Å². The normalized spacial score (nSPS) is 9.56. The number of rotatable bonds is 8. The number of hydrogen-bond acceptors (Lipinski definition) is 4. The molecule has 2 aromatic carbocycles. The van der Waals surface area contributed by atoms with Crippen molar-refractivity contribution in [3.8, 4) is 0 Å². The van der Waals surface area contributed by atoms with Crippen molar-refractivity contribution in [2.75, 3.05) is 0 Å². The smallest absolute Gasteiger partial charge is 0.545 e. The second-order valence-electron chi connectivity index (χ2n) is 6.18. The molecule has 4 nitrogen and oxygen atoms in total. The fourth-order valence-corrected chi connectivity index (χ4v) is 2.47. The number of benzene rings is 2. The summed E-state index contributed by atoms with van der Waals surface area (Å²) in [6.45, 7) is 4.23. The van der Waals surface area contributed by atoms with Crippen molar-refractivity contribution in [3.63, 3.8) is 0 Å². The van der Waals surface area contributed by atoms with Crippen molar-refractivity contribution >= 4 is 11.9 Å². The van der Waals surface area contributed by atoms with E-state index in [1.54, 1.807) is 36.4 Å². The number of carbonyl (C=O) groups excluding carboxylic acids is 2. The van der Waals surface area contributed by atoms with E-state index >= 15 is 0 Å². The third kappa shape index (κ3) is 10.1. The Hall–Kier alpha value is -2.00. The number of aryl methyl sites for hydroxylation is 2. The van der Waals surface area contributed by atoms with Crippen LogP contribution in [0.4, 0.5) is 0 Å². The summed E-state index contributed by atoms with van der Waals surface area (Å²) in [4.78, 5) is 21.0. The molecule has 0 aliphatic rings. The number of unbranched alkanes of at least 4 members (excludes halogenated alkanes) is 2. The van der Waals surface area contributed by atoms with Gasteiger partial charge in [-0.05, 0) is 60.1 Å². The molecule has 0 radical (unpaired) electrons. The SMILES string of the molecule is CCCCc1cccc(C(=O)[O-])c1.CCCCc1cccc(C(=O)[O-])c1.[Zn+2]. The second kappa shape index (κ2) is 14.1. The first-order chi connectivity index (χ1) is 12.5. The first kappa shape index (κ1) is 25.0. The van der Waals surface area contributed by atoms with Crippen molar-refractivity contribution in [2.45, 2.75) is 52.4 Å². The van der Waals surface area contributed by atoms with E-state index in [0.717, 1.165) is 49.7 Å². The molecule has 27 heavy (non-hydrogen) atoms. The maximum absolute atomic E-state index is 10.5. The number of hydrogen-bond donors (Lipinski definition) is 0. The maximum Gasteiger partial charge on any atom is 2.00 e. The summed E-state index contributed by atoms with van der Waals surface area (Å²) in [5, 5.41) is 21.0. The Kier molecular flexibility index (Phi) is 13.1. The molecule has 0 bridgehead atoms. The van der Waals surface area contributed by atoms with Crippen LogP contribution in [0.5, 0.6) is 0 Å². The quantitative estimate of drug-likeness (QED) is 0.616. The van der Waals surface area contributed by atoms with Crippen molar-refractivity contribution in [1.82, 2.24) is 0 Å². The van der Waals surface area contributed by atoms with Gasteiger partial charge in [-0.15, -0.1) is 0 Å². The van der Waals surface area contributed by atoms with Gasteiger partial charge in [0.1, 0.15) is 0 Å². The summed E-state index contributed by atoms with van der Waals surface area (Å²) in [5.74, 6) is -2.20. The Labute approximate surface area is 174 Å². The largest absolute Gasteiger partial charge is 2.00 e. The molecule has 0 amide bonds. The third-order valence-corrected chi connectivity index (χ3v) is 3.96. The number of carboxylic acids is 2. The van der Waals surface area contributed by atoms with Gasteiger partial charge in [0.2, 0.25) is 0 Å². The molecule has 0 saturated carbocycles. The van der Waals surface area contributed by atoms with E-state index in [1.807, 2.05) is 12.1 Å². The van der Waals surface area contributed by atoms with Crippen LogP contribution in [0.15, 0.2) is 48.5 Å². The Morgan fingerprint density at radius 3 is 1.41 bits per heavy atom. The second-order valence-corrected chi connectivity index (χ2v) is 6.18. The zero-order valence-corrected chi connectivity index (χ0v) is 19.2. The van der Waals surface area contributed by atoms with Crippen molar-refractivity contribution in [1.29, 1.82) is 0 Å². The van der Waals surface area contributed by atoms with Gasteiger partial charge in [-0.1, -0.05) is 63.1 Å². The van der Waals surface area contributed by atoms with Crippen LogP contribution in [-0.4, -0.2) is 11.9 Å². The fourth-order valence-electron chi connectivity index (χ4n) is 2.47. The molecule has 2 aromatic rings. The van der Waals surface area contributed by atoms with Crippen LogP contribution in [0.3, 0.4) is 0 Å². The Morgan fingerprint density at radius 1 is 0.741 bits per heavy atom. The standard InChI is InChI=1S/2C11H14O2.Zn/c2*1-2-3-5-9-6-4-7-10(8-9)11(12)13;/h2*4,6-8H,2-3,5H2,1H3,(H,12,13);/q;;+2/p-2. The molecule has 0 spiro atoms. The van der Waals surface area contributed by atoms with Crippen LogP contribution >= 0.6 is 0 Å². The van der Waals surface area contributed by atoms with Crippen molar-refractivity contribution in [3.05, 3.63) is 70.8 Å². The van der Waals surface area contributed by atoms with E-state index in [4.69, 9.17) is 0 Å². The molecule has 0 aromatic heterocycles. The number of carbonyl (C=O) groups is 2. The minimum atomic E-state index is -1.10. The van der Waals surface area contributed by atoms with Gasteiger partial charge in [0.05, 0.1) is 11.9 Å².